The molecule has 0 spiro atoms. The highest BCUT2D eigenvalue weighted by Gasteiger charge is 2.45. The van der Waals surface area contributed by atoms with Crippen LogP contribution in [0.1, 0.15) is 6.23 Å². The molecule has 2 aromatic heterocycles. The predicted octanol–water partition coefficient (Wildman–Crippen LogP) is -1.97. The minimum absolute atomic E-state index is 0.104. The van der Waals surface area contributed by atoms with Crippen molar-refractivity contribution in [2.24, 2.45) is 0 Å². The highest BCUT2D eigenvalue weighted by Crippen LogP contribution is 2.35. The molecule has 21 heavy (non-hydrogen) atoms. The van der Waals surface area contributed by atoms with Crippen molar-refractivity contribution in [1.29, 1.82) is 0 Å². The molecule has 1 saturated heterocycles. The SMILES string of the molecule is COc1nc2c(N)ncnc2n1[C@H]1O[C@@H](CO)[C@@H](O)[C@H]1O. The number of hydrogen-bond acceptors (Lipinski definition) is 9. The maximum atomic E-state index is 10.1. The van der Waals surface area contributed by atoms with Gasteiger partial charge in [-0.3, -0.25) is 0 Å². The van der Waals surface area contributed by atoms with Crippen molar-refractivity contribution in [3.05, 3.63) is 6.33 Å². The molecule has 0 saturated carbocycles. The fourth-order valence-corrected chi connectivity index (χ4v) is 2.37. The van der Waals surface area contributed by atoms with E-state index in [1.54, 1.807) is 0 Å². The van der Waals surface area contributed by atoms with Gasteiger partial charge < -0.3 is 30.5 Å². The van der Waals surface area contributed by atoms with Crippen LogP contribution in [0.25, 0.3) is 11.2 Å². The molecule has 4 atom stereocenters. The summed E-state index contributed by atoms with van der Waals surface area (Å²) in [6, 6.07) is 0.104. The van der Waals surface area contributed by atoms with Crippen molar-refractivity contribution in [3.63, 3.8) is 0 Å². The van der Waals surface area contributed by atoms with Crippen LogP contribution in [0.2, 0.25) is 0 Å². The summed E-state index contributed by atoms with van der Waals surface area (Å²) in [5.74, 6) is 0.156. The van der Waals surface area contributed by atoms with Crippen LogP contribution in [0.5, 0.6) is 6.01 Å². The molecule has 1 aliphatic rings. The van der Waals surface area contributed by atoms with Gasteiger partial charge in [-0.15, -0.1) is 0 Å². The lowest BCUT2D eigenvalue weighted by atomic mass is 10.1. The van der Waals surface area contributed by atoms with Crippen LogP contribution in [0.3, 0.4) is 0 Å². The second-order valence-electron chi connectivity index (χ2n) is 4.63. The van der Waals surface area contributed by atoms with Gasteiger partial charge in [0.25, 0.3) is 0 Å². The molecule has 0 aromatic carbocycles. The van der Waals surface area contributed by atoms with Crippen LogP contribution in [0, 0.1) is 0 Å². The minimum atomic E-state index is -1.27. The van der Waals surface area contributed by atoms with Gasteiger partial charge in [0.15, 0.2) is 23.2 Å². The summed E-state index contributed by atoms with van der Waals surface area (Å²) in [7, 11) is 1.39. The zero-order chi connectivity index (χ0) is 15.1. The number of ether oxygens (including phenoxy) is 2. The van der Waals surface area contributed by atoms with Gasteiger partial charge >= 0.3 is 6.01 Å². The van der Waals surface area contributed by atoms with Crippen molar-refractivity contribution in [1.82, 2.24) is 19.5 Å². The second kappa shape index (κ2) is 5.07. The topological polar surface area (TPSA) is 149 Å². The number of nitrogens with two attached hydrogens (primary N) is 1. The summed E-state index contributed by atoms with van der Waals surface area (Å²) in [6.07, 6.45) is -3.18. The zero-order valence-corrected chi connectivity index (χ0v) is 11.1. The Morgan fingerprint density at radius 3 is 2.76 bits per heavy atom. The van der Waals surface area contributed by atoms with E-state index in [0.29, 0.717) is 11.2 Å². The Morgan fingerprint density at radius 2 is 2.14 bits per heavy atom. The summed E-state index contributed by atoms with van der Waals surface area (Å²) in [4.78, 5) is 12.0. The van der Waals surface area contributed by atoms with E-state index in [4.69, 9.17) is 20.3 Å². The zero-order valence-electron chi connectivity index (χ0n) is 11.1. The Kier molecular flexibility index (Phi) is 3.37. The average Bonchev–Trinajstić information content (AvgIpc) is 2.99. The molecule has 114 valence electrons. The lowest BCUT2D eigenvalue weighted by Crippen LogP contribution is -2.33. The Balaban J connectivity index is 2.14. The number of aliphatic hydroxyl groups excluding tert-OH is 3. The van der Waals surface area contributed by atoms with Crippen molar-refractivity contribution in [2.75, 3.05) is 19.5 Å². The van der Waals surface area contributed by atoms with Crippen LogP contribution in [0.15, 0.2) is 6.33 Å². The molecule has 0 aliphatic carbocycles. The first-order valence-electron chi connectivity index (χ1n) is 6.23. The standard InChI is InChI=1S/C11H15N5O5/c1-20-11-15-5-8(12)13-3-14-9(5)16(11)10-7(19)6(18)4(2-17)21-10/h3-4,6-7,10,17-19H,2H2,1H3,(H2,12,13,14)/t4-,6+,7+,10-/m0/s1. The maximum Gasteiger partial charge on any atom is 0.300 e. The van der Waals surface area contributed by atoms with Crippen LogP contribution in [0.4, 0.5) is 5.82 Å². The molecule has 0 bridgehead atoms. The Labute approximate surface area is 118 Å². The van der Waals surface area contributed by atoms with E-state index in [0.717, 1.165) is 0 Å². The van der Waals surface area contributed by atoms with E-state index in [1.807, 2.05) is 0 Å². The van der Waals surface area contributed by atoms with E-state index < -0.39 is 31.1 Å². The normalized spacial score (nSPS) is 29.1. The third kappa shape index (κ3) is 2.00. The average molecular weight is 297 g/mol. The predicted molar refractivity (Wildman–Crippen MR) is 69.3 cm³/mol. The summed E-state index contributed by atoms with van der Waals surface area (Å²) in [5, 5.41) is 29.1. The van der Waals surface area contributed by atoms with E-state index in [-0.39, 0.29) is 11.8 Å². The lowest BCUT2D eigenvalue weighted by Gasteiger charge is -2.18. The fraction of sp³-hybridized carbons (Fsp3) is 0.545. The number of nitrogen functional groups attached to an aromatic ring is 1. The van der Waals surface area contributed by atoms with Gasteiger partial charge in [-0.25, -0.2) is 14.5 Å². The van der Waals surface area contributed by atoms with E-state index >= 15 is 0 Å². The van der Waals surface area contributed by atoms with Crippen molar-refractivity contribution >= 4 is 17.0 Å². The van der Waals surface area contributed by atoms with Gasteiger partial charge in [0.1, 0.15) is 24.6 Å². The smallest absolute Gasteiger partial charge is 0.300 e. The fourth-order valence-electron chi connectivity index (χ4n) is 2.37. The van der Waals surface area contributed by atoms with Crippen molar-refractivity contribution in [2.45, 2.75) is 24.5 Å². The number of aliphatic hydroxyl groups is 3. The molecule has 0 radical (unpaired) electrons. The number of fused-ring (bicyclic) bond motifs is 1. The van der Waals surface area contributed by atoms with Crippen molar-refractivity contribution in [3.8, 4) is 6.01 Å². The summed E-state index contributed by atoms with van der Waals surface area (Å²) in [6.45, 7) is -0.430. The summed E-state index contributed by atoms with van der Waals surface area (Å²) < 4.78 is 12.0. The molecule has 0 amide bonds. The largest absolute Gasteiger partial charge is 0.468 e. The Morgan fingerprint density at radius 1 is 1.38 bits per heavy atom. The monoisotopic (exact) mass is 297 g/mol. The number of methoxy groups -OCH3 is 1. The number of aromatic nitrogens is 4. The number of imidazole rings is 1. The lowest BCUT2D eigenvalue weighted by molar-refractivity contribution is -0.0537. The molecule has 2 aromatic rings. The van der Waals surface area contributed by atoms with Gasteiger partial charge in [-0.1, -0.05) is 0 Å². The third-order valence-electron chi connectivity index (χ3n) is 3.43. The molecular formula is C11H15N5O5. The first-order valence-corrected chi connectivity index (χ1v) is 6.23. The molecule has 3 rings (SSSR count). The molecule has 0 unspecified atom stereocenters. The molecule has 3 heterocycles. The molecule has 10 nitrogen and oxygen atoms in total. The molecule has 1 fully saturated rings. The number of anilines is 1. The number of nitrogens with zero attached hydrogens (tertiary/aromatic N) is 4. The van der Waals surface area contributed by atoms with Crippen LogP contribution in [-0.2, 0) is 4.74 Å². The van der Waals surface area contributed by atoms with Crippen LogP contribution >= 0.6 is 0 Å². The van der Waals surface area contributed by atoms with E-state index in [9.17, 15) is 10.2 Å². The van der Waals surface area contributed by atoms with Crippen molar-refractivity contribution < 1.29 is 24.8 Å². The van der Waals surface area contributed by atoms with Crippen LogP contribution < -0.4 is 10.5 Å². The minimum Gasteiger partial charge on any atom is -0.468 e. The highest BCUT2D eigenvalue weighted by atomic mass is 16.6. The van der Waals surface area contributed by atoms with Gasteiger partial charge in [0.05, 0.1) is 13.7 Å². The summed E-state index contributed by atoms with van der Waals surface area (Å²) >= 11 is 0. The number of hydrogen-bond donors (Lipinski definition) is 4. The van der Waals surface area contributed by atoms with Gasteiger partial charge in [0.2, 0.25) is 0 Å². The van der Waals surface area contributed by atoms with Gasteiger partial charge in [-0.05, 0) is 0 Å². The molecule has 5 N–H and O–H groups in total. The summed E-state index contributed by atoms with van der Waals surface area (Å²) in [5.41, 5.74) is 6.33. The van der Waals surface area contributed by atoms with E-state index in [2.05, 4.69) is 15.0 Å². The third-order valence-corrected chi connectivity index (χ3v) is 3.43. The molecular weight excluding hydrogens is 282 g/mol. The maximum absolute atomic E-state index is 10.1. The number of rotatable bonds is 3. The van der Waals surface area contributed by atoms with Crippen LogP contribution in [-0.4, -0.2) is 66.9 Å². The quantitative estimate of drug-likeness (QED) is 0.506. The first-order chi connectivity index (χ1) is 10.1. The highest BCUT2D eigenvalue weighted by molar-refractivity contribution is 5.82. The Bertz CT molecular complexity index is 662. The van der Waals surface area contributed by atoms with Gasteiger partial charge in [0, 0.05) is 0 Å². The molecule has 1 aliphatic heterocycles. The first kappa shape index (κ1) is 13.9. The van der Waals surface area contributed by atoms with E-state index in [1.165, 1.54) is 18.0 Å². The van der Waals surface area contributed by atoms with Gasteiger partial charge in [-0.2, -0.15) is 4.98 Å². The second-order valence-corrected chi connectivity index (χ2v) is 4.63. The molecule has 10 heteroatoms. The Hall–Kier alpha value is -2.01.